The maximum atomic E-state index is 12.4. The summed E-state index contributed by atoms with van der Waals surface area (Å²) in [4.78, 5) is 12.4. The van der Waals surface area contributed by atoms with Crippen molar-refractivity contribution in [1.29, 1.82) is 0 Å². The monoisotopic (exact) mass is 454 g/mol. The molecule has 0 saturated carbocycles. The number of aliphatic hydroxyl groups is 4. The van der Waals surface area contributed by atoms with Gasteiger partial charge in [-0.3, -0.25) is 0 Å². The highest BCUT2D eigenvalue weighted by atomic mass is 35.5. The lowest BCUT2D eigenvalue weighted by Gasteiger charge is -2.37. The molecule has 9 nitrogen and oxygen atoms in total. The van der Waals surface area contributed by atoms with Crippen molar-refractivity contribution in [3.8, 4) is 11.5 Å². The van der Waals surface area contributed by atoms with E-state index in [0.29, 0.717) is 0 Å². The summed E-state index contributed by atoms with van der Waals surface area (Å²) < 4.78 is 21.1. The van der Waals surface area contributed by atoms with E-state index in [-0.39, 0.29) is 28.7 Å². The zero-order valence-corrected chi connectivity index (χ0v) is 17.3. The number of benzene rings is 2. The van der Waals surface area contributed by atoms with Crippen LogP contribution in [0.2, 0.25) is 5.02 Å². The number of halogens is 1. The molecule has 4 N–H and O–H groups in total. The normalized spacial score (nSPS) is 25.7. The molecule has 1 unspecified atom stereocenters. The molecule has 31 heavy (non-hydrogen) atoms. The number of esters is 1. The number of carbonyl (C=O) groups is 1. The van der Waals surface area contributed by atoms with Gasteiger partial charge < -0.3 is 39.4 Å². The number of ether oxygens (including phenoxy) is 4. The minimum absolute atomic E-state index is 0.0559. The standard InChI is InChI=1S/C21H23ClO9/c1-28-14-8-12(7-13(22)19(14)29-9-11-5-3-2-4-6-11)20(26)30-10-15-16(23)17(24)18(25)21(27)31-15/h2-8,15-18,21,23-25,27H,9-10H2,1H3/t15-,16-,17+,18-,21?/m1/s1. The number of hydrogen-bond donors (Lipinski definition) is 4. The fourth-order valence-electron chi connectivity index (χ4n) is 3.02. The predicted molar refractivity (Wildman–Crippen MR) is 108 cm³/mol. The van der Waals surface area contributed by atoms with Crippen molar-refractivity contribution in [1.82, 2.24) is 0 Å². The summed E-state index contributed by atoms with van der Waals surface area (Å²) in [5, 5.41) is 38.8. The molecule has 0 bridgehead atoms. The molecule has 168 valence electrons. The van der Waals surface area contributed by atoms with E-state index in [0.717, 1.165) is 5.56 Å². The molecule has 0 aliphatic carbocycles. The second kappa shape index (κ2) is 10.3. The van der Waals surface area contributed by atoms with Gasteiger partial charge in [-0.1, -0.05) is 41.9 Å². The van der Waals surface area contributed by atoms with E-state index in [1.54, 1.807) is 0 Å². The Labute approximate surface area is 183 Å². The maximum absolute atomic E-state index is 12.4. The fraction of sp³-hybridized carbons (Fsp3) is 0.381. The van der Waals surface area contributed by atoms with Crippen molar-refractivity contribution in [2.45, 2.75) is 37.3 Å². The van der Waals surface area contributed by atoms with Gasteiger partial charge in [-0.15, -0.1) is 0 Å². The second-order valence-electron chi connectivity index (χ2n) is 6.90. The Bertz CT molecular complexity index is 892. The zero-order valence-electron chi connectivity index (χ0n) is 16.6. The van der Waals surface area contributed by atoms with Crippen molar-refractivity contribution >= 4 is 17.6 Å². The average molecular weight is 455 g/mol. The van der Waals surface area contributed by atoms with Crippen LogP contribution in [0, 0.1) is 0 Å². The quantitative estimate of drug-likeness (QED) is 0.449. The van der Waals surface area contributed by atoms with Gasteiger partial charge in [0.25, 0.3) is 0 Å². The minimum atomic E-state index is -1.72. The van der Waals surface area contributed by atoms with Crippen LogP contribution >= 0.6 is 11.6 Å². The SMILES string of the molecule is COc1cc(C(=O)OC[C@H]2OC(O)[C@H](O)[C@@H](O)[C@@H]2O)cc(Cl)c1OCc1ccccc1. The van der Waals surface area contributed by atoms with Crippen LogP contribution in [0.25, 0.3) is 0 Å². The summed E-state index contributed by atoms with van der Waals surface area (Å²) in [7, 11) is 1.40. The van der Waals surface area contributed by atoms with Crippen LogP contribution in [0.5, 0.6) is 11.5 Å². The average Bonchev–Trinajstić information content (AvgIpc) is 2.78. The predicted octanol–water partition coefficient (Wildman–Crippen LogP) is 0.884. The Morgan fingerprint density at radius 2 is 1.77 bits per heavy atom. The maximum Gasteiger partial charge on any atom is 0.338 e. The third-order valence-electron chi connectivity index (χ3n) is 4.76. The van der Waals surface area contributed by atoms with Gasteiger partial charge in [0.2, 0.25) is 0 Å². The molecule has 1 saturated heterocycles. The Balaban J connectivity index is 1.66. The minimum Gasteiger partial charge on any atom is -0.493 e. The van der Waals surface area contributed by atoms with Crippen LogP contribution < -0.4 is 9.47 Å². The Hall–Kier alpha value is -2.40. The van der Waals surface area contributed by atoms with Crippen LogP contribution in [-0.4, -0.2) is 70.8 Å². The van der Waals surface area contributed by atoms with E-state index in [4.69, 9.17) is 30.5 Å². The molecule has 1 aliphatic heterocycles. The summed E-state index contributed by atoms with van der Waals surface area (Å²) in [6, 6.07) is 12.2. The highest BCUT2D eigenvalue weighted by Crippen LogP contribution is 2.37. The number of carbonyl (C=O) groups excluding carboxylic acids is 1. The molecule has 0 spiro atoms. The van der Waals surface area contributed by atoms with E-state index < -0.39 is 43.3 Å². The van der Waals surface area contributed by atoms with Gasteiger partial charge in [0.05, 0.1) is 17.7 Å². The lowest BCUT2D eigenvalue weighted by atomic mass is 9.99. The molecular weight excluding hydrogens is 432 g/mol. The van der Waals surface area contributed by atoms with Gasteiger partial charge in [-0.05, 0) is 17.7 Å². The molecule has 2 aromatic carbocycles. The first-order valence-electron chi connectivity index (χ1n) is 9.41. The van der Waals surface area contributed by atoms with Gasteiger partial charge in [0.1, 0.15) is 37.6 Å². The van der Waals surface area contributed by atoms with Crippen LogP contribution in [0.4, 0.5) is 0 Å². The molecule has 0 amide bonds. The third kappa shape index (κ3) is 5.45. The molecule has 1 fully saturated rings. The summed E-state index contributed by atoms with van der Waals surface area (Å²) in [6.45, 7) is -0.235. The lowest BCUT2D eigenvalue weighted by molar-refractivity contribution is -0.286. The zero-order chi connectivity index (χ0) is 22.5. The van der Waals surface area contributed by atoms with Crippen LogP contribution in [0.15, 0.2) is 42.5 Å². The first kappa shape index (κ1) is 23.3. The summed E-state index contributed by atoms with van der Waals surface area (Å²) in [6.07, 6.45) is -7.84. The number of aliphatic hydroxyl groups excluding tert-OH is 4. The molecule has 1 heterocycles. The molecule has 3 rings (SSSR count). The van der Waals surface area contributed by atoms with Crippen molar-refractivity contribution in [3.63, 3.8) is 0 Å². The highest BCUT2D eigenvalue weighted by molar-refractivity contribution is 6.32. The molecular formula is C21H23ClO9. The van der Waals surface area contributed by atoms with Crippen LogP contribution in [0.1, 0.15) is 15.9 Å². The van der Waals surface area contributed by atoms with Crippen LogP contribution in [0.3, 0.4) is 0 Å². The number of hydrogen-bond acceptors (Lipinski definition) is 9. The van der Waals surface area contributed by atoms with Gasteiger partial charge in [-0.2, -0.15) is 0 Å². The van der Waals surface area contributed by atoms with Gasteiger partial charge in [0, 0.05) is 0 Å². The lowest BCUT2D eigenvalue weighted by Crippen LogP contribution is -2.58. The highest BCUT2D eigenvalue weighted by Gasteiger charge is 2.43. The van der Waals surface area contributed by atoms with Crippen LogP contribution in [-0.2, 0) is 16.1 Å². The van der Waals surface area contributed by atoms with E-state index in [1.807, 2.05) is 30.3 Å². The smallest absolute Gasteiger partial charge is 0.338 e. The second-order valence-corrected chi connectivity index (χ2v) is 7.31. The Morgan fingerprint density at radius 1 is 1.06 bits per heavy atom. The van der Waals surface area contributed by atoms with Crippen molar-refractivity contribution in [2.24, 2.45) is 0 Å². The largest absolute Gasteiger partial charge is 0.493 e. The number of methoxy groups -OCH3 is 1. The van der Waals surface area contributed by atoms with E-state index in [9.17, 15) is 25.2 Å². The van der Waals surface area contributed by atoms with Crippen molar-refractivity contribution in [2.75, 3.05) is 13.7 Å². The first-order valence-corrected chi connectivity index (χ1v) is 9.78. The number of rotatable bonds is 7. The van der Waals surface area contributed by atoms with Gasteiger partial charge in [0.15, 0.2) is 17.8 Å². The first-order chi connectivity index (χ1) is 14.8. The molecule has 1 aliphatic rings. The summed E-state index contributed by atoms with van der Waals surface area (Å²) in [5.41, 5.74) is 0.977. The molecule has 0 aromatic heterocycles. The third-order valence-corrected chi connectivity index (χ3v) is 5.04. The topological polar surface area (TPSA) is 135 Å². The Kier molecular flexibility index (Phi) is 7.71. The Morgan fingerprint density at radius 3 is 2.45 bits per heavy atom. The molecule has 0 radical (unpaired) electrons. The van der Waals surface area contributed by atoms with E-state index >= 15 is 0 Å². The summed E-state index contributed by atoms with van der Waals surface area (Å²) in [5.74, 6) is -0.324. The van der Waals surface area contributed by atoms with E-state index in [1.165, 1.54) is 19.2 Å². The van der Waals surface area contributed by atoms with Crippen molar-refractivity contribution in [3.05, 3.63) is 58.6 Å². The van der Waals surface area contributed by atoms with Gasteiger partial charge in [-0.25, -0.2) is 4.79 Å². The molecule has 10 heteroatoms. The van der Waals surface area contributed by atoms with Crippen molar-refractivity contribution < 1.29 is 44.2 Å². The van der Waals surface area contributed by atoms with E-state index in [2.05, 4.69) is 0 Å². The molecule has 5 atom stereocenters. The fourth-order valence-corrected chi connectivity index (χ4v) is 3.28. The summed E-state index contributed by atoms with van der Waals surface area (Å²) >= 11 is 6.28. The molecule has 2 aromatic rings. The van der Waals surface area contributed by atoms with Gasteiger partial charge >= 0.3 is 5.97 Å².